The molecule has 0 fully saturated rings. The molecule has 4 nitrogen and oxygen atoms in total. The van der Waals surface area contributed by atoms with Crippen molar-refractivity contribution in [1.29, 1.82) is 0 Å². The van der Waals surface area contributed by atoms with Crippen LogP contribution in [0.4, 0.5) is 0 Å². The van der Waals surface area contributed by atoms with E-state index >= 15 is 0 Å². The molecule has 0 aromatic rings. The van der Waals surface area contributed by atoms with Gasteiger partial charge in [0.1, 0.15) is 6.61 Å². The van der Waals surface area contributed by atoms with Crippen molar-refractivity contribution in [3.05, 3.63) is 0 Å². The van der Waals surface area contributed by atoms with E-state index < -0.39 is 12.6 Å². The van der Waals surface area contributed by atoms with Crippen molar-refractivity contribution in [3.8, 4) is 0 Å². The predicted octanol–water partition coefficient (Wildman–Crippen LogP) is -1.69. The molecule has 0 aromatic heterocycles. The van der Waals surface area contributed by atoms with E-state index in [1.165, 1.54) is 7.11 Å². The lowest BCUT2D eigenvalue weighted by atomic mass is 10.8. The second kappa shape index (κ2) is 3.58. The van der Waals surface area contributed by atoms with Crippen LogP contribution in [0.15, 0.2) is 0 Å². The van der Waals surface area contributed by atoms with E-state index in [1.54, 1.807) is 0 Å². The summed E-state index contributed by atoms with van der Waals surface area (Å²) < 4.78 is 0. The highest BCUT2D eigenvalue weighted by molar-refractivity contribution is 5.65. The molecule has 0 N–H and O–H groups in total. The van der Waals surface area contributed by atoms with E-state index in [0.29, 0.717) is 0 Å². The zero-order valence-electron chi connectivity index (χ0n) is 3.84. The van der Waals surface area contributed by atoms with Gasteiger partial charge in [0.25, 0.3) is 0 Å². The Morgan fingerprint density at radius 3 is 2.57 bits per heavy atom. The van der Waals surface area contributed by atoms with Gasteiger partial charge >= 0.3 is 0 Å². The number of aliphatic carboxylic acids is 1. The molecule has 0 amide bonds. The number of rotatable bonds is 3. The van der Waals surface area contributed by atoms with Crippen LogP contribution >= 0.6 is 0 Å². The number of hydrogen-bond donors (Lipinski definition) is 0. The first-order chi connectivity index (χ1) is 3.27. The van der Waals surface area contributed by atoms with Crippen molar-refractivity contribution < 1.29 is 19.7 Å². The zero-order chi connectivity index (χ0) is 5.70. The fraction of sp³-hybridized carbons (Fsp3) is 0.667. The Bertz CT molecular complexity index is 60.0. The van der Waals surface area contributed by atoms with Crippen LogP contribution in [-0.4, -0.2) is 19.7 Å². The molecule has 0 aliphatic rings. The van der Waals surface area contributed by atoms with E-state index in [-0.39, 0.29) is 0 Å². The van der Waals surface area contributed by atoms with Gasteiger partial charge in [0, 0.05) is 0 Å². The van der Waals surface area contributed by atoms with Crippen molar-refractivity contribution in [3.63, 3.8) is 0 Å². The van der Waals surface area contributed by atoms with Crippen LogP contribution in [0.3, 0.4) is 0 Å². The van der Waals surface area contributed by atoms with Crippen LogP contribution < -0.4 is 5.11 Å². The SMILES string of the molecule is COOCC(=O)[O-]. The van der Waals surface area contributed by atoms with Crippen molar-refractivity contribution in [2.45, 2.75) is 0 Å². The smallest absolute Gasteiger partial charge is 0.122 e. The summed E-state index contributed by atoms with van der Waals surface area (Å²) in [6.07, 6.45) is 0. The van der Waals surface area contributed by atoms with E-state index in [0.717, 1.165) is 0 Å². The maximum Gasteiger partial charge on any atom is 0.122 e. The molecule has 0 rings (SSSR count). The summed E-state index contributed by atoms with van der Waals surface area (Å²) in [5.74, 6) is -1.29. The molecule has 0 spiro atoms. The van der Waals surface area contributed by atoms with Crippen LogP contribution in [0.5, 0.6) is 0 Å². The van der Waals surface area contributed by atoms with Gasteiger partial charge in [0.15, 0.2) is 0 Å². The molecule has 0 saturated carbocycles. The molecule has 0 saturated heterocycles. The second-order valence-corrected chi connectivity index (χ2v) is 0.801. The lowest BCUT2D eigenvalue weighted by molar-refractivity contribution is -0.335. The first-order valence-electron chi connectivity index (χ1n) is 1.63. The Hall–Kier alpha value is -0.610. The third-order valence-electron chi connectivity index (χ3n) is 0.295. The lowest BCUT2D eigenvalue weighted by Crippen LogP contribution is -2.27. The van der Waals surface area contributed by atoms with Crippen LogP contribution in [0.25, 0.3) is 0 Å². The molecule has 42 valence electrons. The molecule has 0 radical (unpaired) electrons. The van der Waals surface area contributed by atoms with E-state index in [1.807, 2.05) is 0 Å². The molecular weight excluding hydrogens is 100 g/mol. The third-order valence-corrected chi connectivity index (χ3v) is 0.295. The predicted molar refractivity (Wildman–Crippen MR) is 18.0 cm³/mol. The largest absolute Gasteiger partial charge is 0.547 e. The third kappa shape index (κ3) is 5.39. The number of carbonyl (C=O) groups excluding carboxylic acids is 1. The topological polar surface area (TPSA) is 58.6 Å². The fourth-order valence-electron chi connectivity index (χ4n) is 0.107. The maximum absolute atomic E-state index is 9.44. The lowest BCUT2D eigenvalue weighted by Gasteiger charge is -1.97. The highest BCUT2D eigenvalue weighted by atomic mass is 17.2. The Kier molecular flexibility index (Phi) is 3.26. The summed E-state index contributed by atoms with van der Waals surface area (Å²) >= 11 is 0. The van der Waals surface area contributed by atoms with E-state index in [9.17, 15) is 9.90 Å². The van der Waals surface area contributed by atoms with E-state index in [2.05, 4.69) is 9.78 Å². The fourth-order valence-corrected chi connectivity index (χ4v) is 0.107. The van der Waals surface area contributed by atoms with Crippen molar-refractivity contribution >= 4 is 5.97 Å². The number of carbonyl (C=O) groups is 1. The highest BCUT2D eigenvalue weighted by Crippen LogP contribution is 1.67. The summed E-state index contributed by atoms with van der Waals surface area (Å²) in [6.45, 7) is -0.517. The minimum absolute atomic E-state index is 0.517. The van der Waals surface area contributed by atoms with Crippen molar-refractivity contribution in [1.82, 2.24) is 0 Å². The quantitative estimate of drug-likeness (QED) is 0.317. The first-order valence-corrected chi connectivity index (χ1v) is 1.63. The van der Waals surface area contributed by atoms with Gasteiger partial charge in [-0.15, -0.1) is 0 Å². The summed E-state index contributed by atoms with van der Waals surface area (Å²) in [5.41, 5.74) is 0. The molecule has 0 bridgehead atoms. The molecule has 0 aliphatic heterocycles. The highest BCUT2D eigenvalue weighted by Gasteiger charge is 1.80. The Morgan fingerprint density at radius 2 is 2.43 bits per heavy atom. The minimum atomic E-state index is -1.29. The van der Waals surface area contributed by atoms with Crippen LogP contribution in [0.1, 0.15) is 0 Å². The molecule has 0 heterocycles. The normalized spacial score (nSPS) is 8.71. The summed E-state index contributed by atoms with van der Waals surface area (Å²) in [6, 6.07) is 0. The van der Waals surface area contributed by atoms with E-state index in [4.69, 9.17) is 0 Å². The number of hydrogen-bond acceptors (Lipinski definition) is 4. The van der Waals surface area contributed by atoms with Gasteiger partial charge in [-0.2, -0.15) is 0 Å². The number of carboxylic acids is 1. The Labute approximate surface area is 40.6 Å². The molecule has 0 unspecified atom stereocenters. The minimum Gasteiger partial charge on any atom is -0.547 e. The molecular formula is C3H5O4-. The molecule has 0 atom stereocenters. The van der Waals surface area contributed by atoms with Gasteiger partial charge in [0.2, 0.25) is 0 Å². The van der Waals surface area contributed by atoms with Crippen LogP contribution in [-0.2, 0) is 14.6 Å². The van der Waals surface area contributed by atoms with Gasteiger partial charge < -0.3 is 9.90 Å². The van der Waals surface area contributed by atoms with Crippen molar-refractivity contribution in [2.75, 3.05) is 13.7 Å². The number of carboxylic acid groups (broad SMARTS) is 1. The van der Waals surface area contributed by atoms with Gasteiger partial charge in [-0.25, -0.2) is 9.78 Å². The van der Waals surface area contributed by atoms with Crippen molar-refractivity contribution in [2.24, 2.45) is 0 Å². The standard InChI is InChI=1S/C3H6O4/c1-6-7-2-3(4)5/h2H2,1H3,(H,4,5)/p-1. The van der Waals surface area contributed by atoms with Gasteiger partial charge in [0.05, 0.1) is 13.1 Å². The van der Waals surface area contributed by atoms with Crippen LogP contribution in [0, 0.1) is 0 Å². The Morgan fingerprint density at radius 1 is 1.86 bits per heavy atom. The van der Waals surface area contributed by atoms with Gasteiger partial charge in [-0.05, 0) is 0 Å². The first kappa shape index (κ1) is 6.39. The monoisotopic (exact) mass is 105 g/mol. The summed E-state index contributed by atoms with van der Waals surface area (Å²) in [5, 5.41) is 9.44. The van der Waals surface area contributed by atoms with Crippen LogP contribution in [0.2, 0.25) is 0 Å². The summed E-state index contributed by atoms with van der Waals surface area (Å²) in [7, 11) is 1.23. The van der Waals surface area contributed by atoms with Gasteiger partial charge in [-0.1, -0.05) is 0 Å². The van der Waals surface area contributed by atoms with Gasteiger partial charge in [-0.3, -0.25) is 0 Å². The molecule has 7 heavy (non-hydrogen) atoms. The zero-order valence-corrected chi connectivity index (χ0v) is 3.84. The molecule has 4 heteroatoms. The maximum atomic E-state index is 9.44. The average Bonchev–Trinajstić information content (AvgIpc) is 1.61. The average molecular weight is 105 g/mol. The summed E-state index contributed by atoms with van der Waals surface area (Å²) in [4.78, 5) is 17.3. The Balaban J connectivity index is 2.82. The second-order valence-electron chi connectivity index (χ2n) is 0.801. The molecule has 0 aromatic carbocycles. The molecule has 0 aliphatic carbocycles.